The summed E-state index contributed by atoms with van der Waals surface area (Å²) in [7, 11) is 0. The smallest absolute Gasteiger partial charge is 0.272 e. The average molecular weight is 433 g/mol. The number of H-pyrrole nitrogens is 1. The third kappa shape index (κ3) is 3.73. The number of rotatable bonds is 4. The zero-order valence-electron chi connectivity index (χ0n) is 15.1. The van der Waals surface area contributed by atoms with Crippen molar-refractivity contribution in [2.75, 3.05) is 0 Å². The van der Waals surface area contributed by atoms with Gasteiger partial charge in [0.05, 0.1) is 11.4 Å². The van der Waals surface area contributed by atoms with E-state index in [2.05, 4.69) is 48.8 Å². The first-order chi connectivity index (χ1) is 13.6. The van der Waals surface area contributed by atoms with Crippen LogP contribution in [0.3, 0.4) is 0 Å². The fourth-order valence-corrected chi connectivity index (χ4v) is 3.24. The number of nitrogens with one attached hydrogen (secondary N) is 2. The fourth-order valence-electron chi connectivity index (χ4n) is 2.98. The van der Waals surface area contributed by atoms with Crippen molar-refractivity contribution in [3.8, 4) is 11.3 Å². The average Bonchev–Trinajstić information content (AvgIpc) is 3.22. The number of carbonyl (C=O) groups excluding carboxylic acids is 1. The van der Waals surface area contributed by atoms with Crippen LogP contribution < -0.4 is 5.43 Å². The molecule has 1 amide bonds. The number of nitrogens with zero attached hydrogens (tertiary/aromatic N) is 2. The first kappa shape index (κ1) is 18.1. The van der Waals surface area contributed by atoms with Crippen LogP contribution in [-0.2, 0) is 0 Å². The zero-order valence-corrected chi connectivity index (χ0v) is 16.7. The third-order valence-corrected chi connectivity index (χ3v) is 5.00. The number of aromatic amines is 1. The minimum Gasteiger partial charge on any atom is -0.272 e. The van der Waals surface area contributed by atoms with Crippen molar-refractivity contribution < 1.29 is 4.79 Å². The van der Waals surface area contributed by atoms with Crippen LogP contribution in [0.1, 0.15) is 23.0 Å². The molecule has 0 bridgehead atoms. The molecule has 0 saturated carbocycles. The second-order valence-electron chi connectivity index (χ2n) is 6.34. The minimum atomic E-state index is -0.338. The van der Waals surface area contributed by atoms with Crippen LogP contribution in [-0.4, -0.2) is 21.8 Å². The first-order valence-electron chi connectivity index (χ1n) is 8.76. The summed E-state index contributed by atoms with van der Waals surface area (Å²) in [6.45, 7) is 1.85. The molecule has 0 spiro atoms. The van der Waals surface area contributed by atoms with Gasteiger partial charge in [-0.1, -0.05) is 70.5 Å². The van der Waals surface area contributed by atoms with Gasteiger partial charge in [-0.15, -0.1) is 0 Å². The van der Waals surface area contributed by atoms with Crippen LogP contribution in [0.4, 0.5) is 0 Å². The van der Waals surface area contributed by atoms with Crippen LogP contribution in [0.25, 0.3) is 22.0 Å². The van der Waals surface area contributed by atoms with Gasteiger partial charge in [0.1, 0.15) is 5.69 Å². The van der Waals surface area contributed by atoms with Crippen molar-refractivity contribution in [2.24, 2.45) is 5.10 Å². The maximum Gasteiger partial charge on any atom is 0.289 e. The van der Waals surface area contributed by atoms with Crippen molar-refractivity contribution in [2.45, 2.75) is 6.92 Å². The number of hydrogen-bond donors (Lipinski definition) is 2. The normalized spacial score (nSPS) is 11.6. The minimum absolute atomic E-state index is 0.338. The predicted octanol–water partition coefficient (Wildman–Crippen LogP) is 5.15. The second kappa shape index (κ2) is 7.78. The first-order valence-corrected chi connectivity index (χ1v) is 9.55. The van der Waals surface area contributed by atoms with Crippen molar-refractivity contribution in [1.82, 2.24) is 15.6 Å². The van der Waals surface area contributed by atoms with Crippen LogP contribution in [0.15, 0.2) is 82.4 Å². The van der Waals surface area contributed by atoms with E-state index in [0.29, 0.717) is 5.69 Å². The van der Waals surface area contributed by atoms with Crippen LogP contribution >= 0.6 is 15.9 Å². The van der Waals surface area contributed by atoms with Gasteiger partial charge in [-0.3, -0.25) is 9.89 Å². The number of fused-ring (bicyclic) bond motifs is 1. The van der Waals surface area contributed by atoms with Gasteiger partial charge in [0.2, 0.25) is 0 Å². The van der Waals surface area contributed by atoms with E-state index in [1.165, 1.54) is 0 Å². The van der Waals surface area contributed by atoms with Gasteiger partial charge in [0.15, 0.2) is 0 Å². The number of halogens is 1. The molecule has 4 aromatic rings. The maximum atomic E-state index is 12.4. The topological polar surface area (TPSA) is 70.1 Å². The van der Waals surface area contributed by atoms with Crippen LogP contribution in [0, 0.1) is 0 Å². The SMILES string of the molecule is C/C(=N/NC(=O)c1cc(-c2cccc3ccccc23)n[nH]1)c1ccc(Br)cc1. The van der Waals surface area contributed by atoms with Gasteiger partial charge < -0.3 is 0 Å². The van der Waals surface area contributed by atoms with Gasteiger partial charge in [0.25, 0.3) is 5.91 Å². The van der Waals surface area contributed by atoms with E-state index in [1.807, 2.05) is 61.5 Å². The largest absolute Gasteiger partial charge is 0.289 e. The highest BCUT2D eigenvalue weighted by atomic mass is 79.9. The van der Waals surface area contributed by atoms with E-state index in [4.69, 9.17) is 0 Å². The summed E-state index contributed by atoms with van der Waals surface area (Å²) < 4.78 is 0.992. The molecule has 0 aliphatic carbocycles. The molecule has 2 N–H and O–H groups in total. The number of hydrazone groups is 1. The Labute approximate surface area is 170 Å². The maximum absolute atomic E-state index is 12.4. The Morgan fingerprint density at radius 1 is 1.04 bits per heavy atom. The molecule has 0 atom stereocenters. The Bertz CT molecular complexity index is 1170. The summed E-state index contributed by atoms with van der Waals surface area (Å²) in [6.07, 6.45) is 0. The van der Waals surface area contributed by atoms with Crippen LogP contribution in [0.5, 0.6) is 0 Å². The molecule has 1 aromatic heterocycles. The molecule has 0 aliphatic rings. The molecule has 28 heavy (non-hydrogen) atoms. The van der Waals surface area contributed by atoms with E-state index in [9.17, 15) is 4.79 Å². The molecule has 0 radical (unpaired) electrons. The highest BCUT2D eigenvalue weighted by Crippen LogP contribution is 2.27. The Hall–Kier alpha value is -3.25. The van der Waals surface area contributed by atoms with Crippen molar-refractivity contribution >= 4 is 38.3 Å². The lowest BCUT2D eigenvalue weighted by molar-refractivity contribution is 0.0950. The Morgan fingerprint density at radius 3 is 2.61 bits per heavy atom. The number of benzene rings is 3. The fraction of sp³-hybridized carbons (Fsp3) is 0.0455. The highest BCUT2D eigenvalue weighted by molar-refractivity contribution is 9.10. The van der Waals surface area contributed by atoms with Gasteiger partial charge in [-0.25, -0.2) is 5.43 Å². The molecule has 3 aromatic carbocycles. The van der Waals surface area contributed by atoms with Gasteiger partial charge in [-0.2, -0.15) is 10.2 Å². The van der Waals surface area contributed by atoms with Crippen LogP contribution in [0.2, 0.25) is 0 Å². The monoisotopic (exact) mass is 432 g/mol. The molecule has 4 rings (SSSR count). The Morgan fingerprint density at radius 2 is 1.79 bits per heavy atom. The molecule has 138 valence electrons. The van der Waals surface area contributed by atoms with E-state index in [0.717, 1.165) is 37.8 Å². The molecular formula is C22H17BrN4O. The summed E-state index contributed by atoms with van der Waals surface area (Å²) >= 11 is 3.40. The molecule has 0 saturated heterocycles. The van der Waals surface area contributed by atoms with Crippen molar-refractivity contribution in [1.29, 1.82) is 0 Å². The lowest BCUT2D eigenvalue weighted by Gasteiger charge is -2.03. The molecule has 6 heteroatoms. The molecule has 1 heterocycles. The van der Waals surface area contributed by atoms with Gasteiger partial charge >= 0.3 is 0 Å². The molecule has 0 fully saturated rings. The standard InChI is InChI=1S/C22H17BrN4O/c1-14(15-9-11-17(23)12-10-15)24-27-22(28)21-13-20(25-26-21)19-8-4-6-16-5-2-3-7-18(16)19/h2-13H,1H3,(H,25,26)(H,27,28)/b24-14-. The Kier molecular flexibility index (Phi) is 5.04. The van der Waals surface area contributed by atoms with Gasteiger partial charge in [0, 0.05) is 10.0 Å². The number of amides is 1. The van der Waals surface area contributed by atoms with E-state index in [-0.39, 0.29) is 5.91 Å². The summed E-state index contributed by atoms with van der Waals surface area (Å²) in [4.78, 5) is 12.4. The van der Waals surface area contributed by atoms with Crippen molar-refractivity contribution in [3.05, 3.63) is 88.5 Å². The van der Waals surface area contributed by atoms with Gasteiger partial charge in [-0.05, 0) is 41.5 Å². The summed E-state index contributed by atoms with van der Waals surface area (Å²) in [5, 5.41) is 13.5. The zero-order chi connectivity index (χ0) is 19.5. The Balaban J connectivity index is 1.54. The quantitative estimate of drug-likeness (QED) is 0.345. The highest BCUT2D eigenvalue weighted by Gasteiger charge is 2.12. The molecule has 0 unspecified atom stereocenters. The number of hydrogen-bond acceptors (Lipinski definition) is 3. The van der Waals surface area contributed by atoms with E-state index >= 15 is 0 Å². The third-order valence-electron chi connectivity index (χ3n) is 4.48. The van der Waals surface area contributed by atoms with E-state index < -0.39 is 0 Å². The molecule has 0 aliphatic heterocycles. The second-order valence-corrected chi connectivity index (χ2v) is 7.25. The summed E-state index contributed by atoms with van der Waals surface area (Å²) in [6, 6.07) is 23.6. The molecular weight excluding hydrogens is 416 g/mol. The summed E-state index contributed by atoms with van der Waals surface area (Å²) in [5.74, 6) is -0.338. The molecule has 5 nitrogen and oxygen atoms in total. The number of carbonyl (C=O) groups is 1. The van der Waals surface area contributed by atoms with E-state index in [1.54, 1.807) is 6.07 Å². The predicted molar refractivity (Wildman–Crippen MR) is 115 cm³/mol. The lowest BCUT2D eigenvalue weighted by atomic mass is 10.0. The number of aromatic nitrogens is 2. The summed E-state index contributed by atoms with van der Waals surface area (Å²) in [5.41, 5.74) is 6.28. The lowest BCUT2D eigenvalue weighted by Crippen LogP contribution is -2.19. The van der Waals surface area contributed by atoms with Crippen molar-refractivity contribution in [3.63, 3.8) is 0 Å².